The summed E-state index contributed by atoms with van der Waals surface area (Å²) in [6.45, 7) is 0.0718. The summed E-state index contributed by atoms with van der Waals surface area (Å²) in [4.78, 5) is 21.5. The Bertz CT molecular complexity index is 635. The van der Waals surface area contributed by atoms with Crippen LogP contribution in [0.15, 0.2) is 40.8 Å². The molecule has 2 aromatic rings. The number of furan rings is 1. The van der Waals surface area contributed by atoms with Gasteiger partial charge < -0.3 is 14.8 Å². The van der Waals surface area contributed by atoms with E-state index in [2.05, 4.69) is 5.32 Å². The number of carbonyl (C=O) groups is 1. The molecule has 0 saturated carbocycles. The first-order chi connectivity index (χ1) is 9.61. The van der Waals surface area contributed by atoms with E-state index in [9.17, 15) is 14.9 Å². The molecule has 2 N–H and O–H groups in total. The van der Waals surface area contributed by atoms with E-state index in [1.54, 1.807) is 24.3 Å². The van der Waals surface area contributed by atoms with Crippen molar-refractivity contribution in [2.24, 2.45) is 0 Å². The molecule has 0 fully saturated rings. The summed E-state index contributed by atoms with van der Waals surface area (Å²) in [5.74, 6) is -1.16. The minimum Gasteiger partial charge on any atom is -0.395 e. The van der Waals surface area contributed by atoms with E-state index in [0.717, 1.165) is 11.6 Å². The van der Waals surface area contributed by atoms with Gasteiger partial charge in [0.2, 0.25) is 0 Å². The molecule has 2 rings (SSSR count). The van der Waals surface area contributed by atoms with E-state index in [1.807, 2.05) is 0 Å². The second-order valence-corrected chi connectivity index (χ2v) is 4.00. The fraction of sp³-hybridized carbons (Fsp3) is 0.154. The maximum Gasteiger partial charge on any atom is 0.433 e. The lowest BCUT2D eigenvalue weighted by Crippen LogP contribution is -2.22. The normalized spacial score (nSPS) is 10.2. The second kappa shape index (κ2) is 5.98. The van der Waals surface area contributed by atoms with Crippen LogP contribution in [0, 0.1) is 10.1 Å². The molecule has 1 amide bonds. The highest BCUT2D eigenvalue weighted by Gasteiger charge is 2.17. The van der Waals surface area contributed by atoms with E-state index in [1.165, 1.54) is 6.07 Å². The monoisotopic (exact) mass is 276 g/mol. The van der Waals surface area contributed by atoms with Gasteiger partial charge in [-0.2, -0.15) is 0 Å². The van der Waals surface area contributed by atoms with Crippen molar-refractivity contribution in [3.63, 3.8) is 0 Å². The Morgan fingerprint density at radius 1 is 1.25 bits per heavy atom. The standard InChI is InChI=1S/C13H12N2O5/c16-8-10-4-2-1-3-9(10)7-14-13(17)11-5-6-12(20-11)15(18)19/h1-6,16H,7-8H2,(H,14,17). The van der Waals surface area contributed by atoms with Gasteiger partial charge in [-0.05, 0) is 17.2 Å². The fourth-order valence-electron chi connectivity index (χ4n) is 1.69. The summed E-state index contributed by atoms with van der Waals surface area (Å²) in [5, 5.41) is 22.2. The predicted octanol–water partition coefficient (Wildman–Crippen LogP) is 1.61. The number of amides is 1. The lowest BCUT2D eigenvalue weighted by Gasteiger charge is -2.07. The number of nitrogens with zero attached hydrogens (tertiary/aromatic N) is 1. The van der Waals surface area contributed by atoms with Crippen molar-refractivity contribution in [1.29, 1.82) is 0 Å². The summed E-state index contributed by atoms with van der Waals surface area (Å²) in [6.07, 6.45) is 0. The average molecular weight is 276 g/mol. The van der Waals surface area contributed by atoms with Crippen molar-refractivity contribution >= 4 is 11.8 Å². The van der Waals surface area contributed by atoms with Crippen LogP contribution in [-0.4, -0.2) is 15.9 Å². The molecule has 7 nitrogen and oxygen atoms in total. The predicted molar refractivity (Wildman–Crippen MR) is 68.9 cm³/mol. The highest BCUT2D eigenvalue weighted by atomic mass is 16.6. The molecule has 104 valence electrons. The van der Waals surface area contributed by atoms with Crippen LogP contribution in [0.25, 0.3) is 0 Å². The quantitative estimate of drug-likeness (QED) is 0.637. The largest absolute Gasteiger partial charge is 0.433 e. The van der Waals surface area contributed by atoms with Crippen LogP contribution in [-0.2, 0) is 13.2 Å². The van der Waals surface area contributed by atoms with Crippen LogP contribution in [0.2, 0.25) is 0 Å². The van der Waals surface area contributed by atoms with Gasteiger partial charge >= 0.3 is 5.88 Å². The molecule has 1 heterocycles. The number of nitrogens with one attached hydrogen (secondary N) is 1. The number of hydrogen-bond donors (Lipinski definition) is 2. The third kappa shape index (κ3) is 3.01. The van der Waals surface area contributed by atoms with Crippen LogP contribution in [0.3, 0.4) is 0 Å². The number of rotatable bonds is 5. The summed E-state index contributed by atoms with van der Waals surface area (Å²) in [5.41, 5.74) is 1.47. The minimum atomic E-state index is -0.710. The Kier molecular flexibility index (Phi) is 4.11. The highest BCUT2D eigenvalue weighted by molar-refractivity contribution is 5.91. The van der Waals surface area contributed by atoms with Gasteiger partial charge in [0.1, 0.15) is 4.92 Å². The van der Waals surface area contributed by atoms with E-state index < -0.39 is 16.7 Å². The van der Waals surface area contributed by atoms with Crippen LogP contribution in [0.4, 0.5) is 5.88 Å². The SMILES string of the molecule is O=C(NCc1ccccc1CO)c1ccc([N+](=O)[O-])o1. The summed E-state index contributed by atoms with van der Waals surface area (Å²) < 4.78 is 4.79. The molecule has 0 unspecified atom stereocenters. The second-order valence-electron chi connectivity index (χ2n) is 4.00. The van der Waals surface area contributed by atoms with E-state index >= 15 is 0 Å². The molecule has 0 radical (unpaired) electrons. The molecule has 1 aromatic carbocycles. The zero-order valence-electron chi connectivity index (χ0n) is 10.4. The molecule has 1 aromatic heterocycles. The van der Waals surface area contributed by atoms with Gasteiger partial charge in [-0.15, -0.1) is 0 Å². The van der Waals surface area contributed by atoms with Gasteiger partial charge in [-0.3, -0.25) is 14.9 Å². The lowest BCUT2D eigenvalue weighted by atomic mass is 10.1. The van der Waals surface area contributed by atoms with Crippen molar-refractivity contribution < 1.29 is 19.2 Å². The molecule has 7 heteroatoms. The van der Waals surface area contributed by atoms with Crippen molar-refractivity contribution in [2.75, 3.05) is 0 Å². The maximum atomic E-state index is 11.8. The third-order valence-electron chi connectivity index (χ3n) is 2.72. The number of aliphatic hydroxyl groups is 1. The van der Waals surface area contributed by atoms with Crippen molar-refractivity contribution in [3.05, 3.63) is 63.4 Å². The van der Waals surface area contributed by atoms with Crippen LogP contribution in [0.1, 0.15) is 21.7 Å². The van der Waals surface area contributed by atoms with Crippen molar-refractivity contribution in [1.82, 2.24) is 5.32 Å². The Labute approximate surface area is 114 Å². The van der Waals surface area contributed by atoms with Crippen molar-refractivity contribution in [3.8, 4) is 0 Å². The van der Waals surface area contributed by atoms with Gasteiger partial charge in [0.25, 0.3) is 5.91 Å². The van der Waals surface area contributed by atoms with Crippen LogP contribution < -0.4 is 5.32 Å². The average Bonchev–Trinajstić information content (AvgIpc) is 2.95. The number of benzene rings is 1. The van der Waals surface area contributed by atoms with E-state index in [0.29, 0.717) is 5.56 Å². The first kappa shape index (κ1) is 13.8. The van der Waals surface area contributed by atoms with Gasteiger partial charge in [-0.1, -0.05) is 24.3 Å². The topological polar surface area (TPSA) is 106 Å². The Morgan fingerprint density at radius 3 is 2.55 bits per heavy atom. The van der Waals surface area contributed by atoms with Crippen LogP contribution >= 0.6 is 0 Å². The number of nitro groups is 1. The van der Waals surface area contributed by atoms with Gasteiger partial charge in [0, 0.05) is 6.54 Å². The van der Waals surface area contributed by atoms with Crippen molar-refractivity contribution in [2.45, 2.75) is 13.2 Å². The molecular formula is C13H12N2O5. The first-order valence-corrected chi connectivity index (χ1v) is 5.82. The first-order valence-electron chi connectivity index (χ1n) is 5.82. The molecule has 0 aliphatic rings. The Hall–Kier alpha value is -2.67. The molecular weight excluding hydrogens is 264 g/mol. The highest BCUT2D eigenvalue weighted by Crippen LogP contribution is 2.15. The lowest BCUT2D eigenvalue weighted by molar-refractivity contribution is -0.402. The minimum absolute atomic E-state index is 0.127. The summed E-state index contributed by atoms with van der Waals surface area (Å²) in [6, 6.07) is 9.46. The smallest absolute Gasteiger partial charge is 0.395 e. The van der Waals surface area contributed by atoms with Crippen LogP contribution in [0.5, 0.6) is 0 Å². The molecule has 20 heavy (non-hydrogen) atoms. The zero-order valence-corrected chi connectivity index (χ0v) is 10.4. The van der Waals surface area contributed by atoms with Gasteiger partial charge in [0.05, 0.1) is 12.7 Å². The fourth-order valence-corrected chi connectivity index (χ4v) is 1.69. The third-order valence-corrected chi connectivity index (χ3v) is 2.72. The Balaban J connectivity index is 2.03. The molecule has 0 aliphatic heterocycles. The van der Waals surface area contributed by atoms with E-state index in [4.69, 9.17) is 9.52 Å². The number of aliphatic hydroxyl groups excluding tert-OH is 1. The van der Waals surface area contributed by atoms with Gasteiger partial charge in [0.15, 0.2) is 5.76 Å². The molecule has 0 atom stereocenters. The van der Waals surface area contributed by atoms with E-state index in [-0.39, 0.29) is 18.9 Å². The maximum absolute atomic E-state index is 11.8. The number of hydrogen-bond acceptors (Lipinski definition) is 5. The zero-order chi connectivity index (χ0) is 14.5. The molecule has 0 spiro atoms. The number of carbonyl (C=O) groups excluding carboxylic acids is 1. The molecule has 0 bridgehead atoms. The Morgan fingerprint density at radius 2 is 1.95 bits per heavy atom. The molecule has 0 saturated heterocycles. The van der Waals surface area contributed by atoms with Gasteiger partial charge in [-0.25, -0.2) is 0 Å². The summed E-state index contributed by atoms with van der Waals surface area (Å²) in [7, 11) is 0. The molecule has 0 aliphatic carbocycles. The summed E-state index contributed by atoms with van der Waals surface area (Å²) >= 11 is 0.